The maximum absolute atomic E-state index is 11.3. The highest BCUT2D eigenvalue weighted by atomic mass is 16.5. The van der Waals surface area contributed by atoms with Crippen LogP contribution in [0.3, 0.4) is 0 Å². The van der Waals surface area contributed by atoms with Crippen molar-refractivity contribution in [2.75, 3.05) is 11.9 Å². The van der Waals surface area contributed by atoms with E-state index >= 15 is 0 Å². The maximum atomic E-state index is 11.3. The molecule has 0 aliphatic heterocycles. The number of hydrogen-bond acceptors (Lipinski definition) is 6. The normalized spacial score (nSPS) is 10.5. The third kappa shape index (κ3) is 6.55. The van der Waals surface area contributed by atoms with Crippen LogP contribution in [0.25, 0.3) is 0 Å². The van der Waals surface area contributed by atoms with Crippen LogP contribution in [0.15, 0.2) is 55.0 Å². The Morgan fingerprint density at radius 3 is 2.43 bits per heavy atom. The van der Waals surface area contributed by atoms with Crippen LogP contribution >= 0.6 is 0 Å². The van der Waals surface area contributed by atoms with E-state index in [1.807, 2.05) is 55.7 Å². The molecule has 0 saturated carbocycles. The number of aryl methyl sites for hydroxylation is 1. The summed E-state index contributed by atoms with van der Waals surface area (Å²) in [6, 6.07) is 11.6. The van der Waals surface area contributed by atoms with Crippen LogP contribution in [0.4, 0.5) is 5.95 Å². The molecule has 0 fully saturated rings. The number of carbonyl (C=O) groups is 1. The van der Waals surface area contributed by atoms with Gasteiger partial charge in [-0.15, -0.1) is 0 Å². The van der Waals surface area contributed by atoms with Crippen molar-refractivity contribution in [1.29, 1.82) is 0 Å². The van der Waals surface area contributed by atoms with Crippen molar-refractivity contribution in [1.82, 2.24) is 20.3 Å². The van der Waals surface area contributed by atoms with Gasteiger partial charge in [-0.3, -0.25) is 4.79 Å². The number of nitrogens with zero attached hydrogens (tertiary/aromatic N) is 3. The van der Waals surface area contributed by atoms with Crippen molar-refractivity contribution >= 4 is 11.9 Å². The summed E-state index contributed by atoms with van der Waals surface area (Å²) >= 11 is 0. The van der Waals surface area contributed by atoms with Gasteiger partial charge in [0.2, 0.25) is 17.7 Å². The minimum Gasteiger partial charge on any atom is -0.439 e. The Hall–Kier alpha value is -3.48. The molecule has 0 atom stereocenters. The van der Waals surface area contributed by atoms with Gasteiger partial charge in [0.05, 0.1) is 0 Å². The van der Waals surface area contributed by atoms with Crippen LogP contribution < -0.4 is 15.4 Å². The first kappa shape index (κ1) is 21.2. The third-order valence-electron chi connectivity index (χ3n) is 4.57. The highest BCUT2D eigenvalue weighted by molar-refractivity contribution is 5.75. The lowest BCUT2D eigenvalue weighted by Gasteiger charge is -2.09. The largest absolute Gasteiger partial charge is 0.439 e. The summed E-state index contributed by atoms with van der Waals surface area (Å²) in [4.78, 5) is 24.2. The number of pyridine rings is 1. The van der Waals surface area contributed by atoms with Crippen molar-refractivity contribution in [2.45, 2.75) is 39.7 Å². The molecule has 3 rings (SSSR count). The molecule has 0 radical (unpaired) electrons. The molecule has 30 heavy (non-hydrogen) atoms. The molecule has 1 amide bonds. The Morgan fingerprint density at radius 2 is 1.73 bits per heavy atom. The van der Waals surface area contributed by atoms with Gasteiger partial charge >= 0.3 is 0 Å². The van der Waals surface area contributed by atoms with E-state index in [0.717, 1.165) is 29.5 Å². The van der Waals surface area contributed by atoms with Gasteiger partial charge in [0, 0.05) is 44.2 Å². The molecule has 0 bridgehead atoms. The summed E-state index contributed by atoms with van der Waals surface area (Å²) in [7, 11) is 0. The molecule has 0 unspecified atom stereocenters. The van der Waals surface area contributed by atoms with Crippen LogP contribution in [0.2, 0.25) is 0 Å². The highest BCUT2D eigenvalue weighted by Gasteiger charge is 2.03. The summed E-state index contributed by atoms with van der Waals surface area (Å²) in [6.07, 6.45) is 7.59. The van der Waals surface area contributed by atoms with Gasteiger partial charge in [-0.05, 0) is 47.7 Å². The molecule has 7 nitrogen and oxygen atoms in total. The second-order valence-electron chi connectivity index (χ2n) is 6.82. The topological polar surface area (TPSA) is 89.0 Å². The molecule has 0 spiro atoms. The van der Waals surface area contributed by atoms with Gasteiger partial charge in [0.25, 0.3) is 0 Å². The third-order valence-corrected chi connectivity index (χ3v) is 4.57. The lowest BCUT2D eigenvalue weighted by atomic mass is 10.1. The number of rotatable bonds is 10. The number of aromatic nitrogens is 3. The van der Waals surface area contributed by atoms with Gasteiger partial charge < -0.3 is 15.4 Å². The Morgan fingerprint density at radius 1 is 0.967 bits per heavy atom. The lowest BCUT2D eigenvalue weighted by molar-refractivity contribution is -0.120. The number of ether oxygens (including phenoxy) is 1. The van der Waals surface area contributed by atoms with Gasteiger partial charge in [0.15, 0.2) is 0 Å². The molecule has 7 heteroatoms. The fraction of sp³-hybridized carbons (Fsp3) is 0.304. The first-order valence-electron chi connectivity index (χ1n) is 10.2. The highest BCUT2D eigenvalue weighted by Crippen LogP contribution is 2.21. The zero-order valence-electron chi connectivity index (χ0n) is 17.4. The van der Waals surface area contributed by atoms with E-state index in [0.29, 0.717) is 37.1 Å². The summed E-state index contributed by atoms with van der Waals surface area (Å²) in [5.74, 6) is 1.91. The van der Waals surface area contributed by atoms with Crippen LogP contribution in [-0.4, -0.2) is 27.4 Å². The molecule has 2 heterocycles. The number of amides is 1. The fourth-order valence-corrected chi connectivity index (χ4v) is 2.74. The summed E-state index contributed by atoms with van der Waals surface area (Å²) in [5.41, 5.74) is 3.27. The summed E-state index contributed by atoms with van der Waals surface area (Å²) in [5, 5.41) is 6.08. The monoisotopic (exact) mass is 405 g/mol. The predicted molar refractivity (Wildman–Crippen MR) is 116 cm³/mol. The molecule has 2 N–H and O–H groups in total. The van der Waals surface area contributed by atoms with Crippen molar-refractivity contribution in [2.24, 2.45) is 0 Å². The van der Waals surface area contributed by atoms with E-state index in [2.05, 4.69) is 32.5 Å². The Labute approximate surface area is 176 Å². The van der Waals surface area contributed by atoms with E-state index in [1.165, 1.54) is 0 Å². The Kier molecular flexibility index (Phi) is 7.71. The van der Waals surface area contributed by atoms with Gasteiger partial charge in [-0.2, -0.15) is 0 Å². The molecular weight excluding hydrogens is 378 g/mol. The summed E-state index contributed by atoms with van der Waals surface area (Å²) in [6.45, 7) is 5.13. The SMILES string of the molecule is CCC(=O)NCCc1ccc(Oc2cc(CNc3ncc(CC)cn3)ccn2)cc1. The number of nitrogens with one attached hydrogen (secondary N) is 2. The van der Waals surface area contributed by atoms with E-state index in [4.69, 9.17) is 4.74 Å². The molecule has 1 aromatic carbocycles. The van der Waals surface area contributed by atoms with Gasteiger partial charge in [-0.25, -0.2) is 15.0 Å². The number of anilines is 1. The van der Waals surface area contributed by atoms with Crippen LogP contribution in [-0.2, 0) is 24.2 Å². The van der Waals surface area contributed by atoms with E-state index in [1.54, 1.807) is 6.20 Å². The second kappa shape index (κ2) is 10.9. The standard InChI is InChI=1S/C23H27N5O2/c1-3-17-14-26-23(27-15-17)28-16-19-10-12-25-22(13-19)30-20-7-5-18(6-8-20)9-11-24-21(29)4-2/h5-8,10,12-15H,3-4,9,11,16H2,1-2H3,(H,24,29)(H,26,27,28). The maximum Gasteiger partial charge on any atom is 0.222 e. The minimum absolute atomic E-state index is 0.0694. The van der Waals surface area contributed by atoms with E-state index < -0.39 is 0 Å². The minimum atomic E-state index is 0.0694. The Bertz CT molecular complexity index is 943. The van der Waals surface area contributed by atoms with Gasteiger partial charge in [0.1, 0.15) is 5.75 Å². The molecule has 0 saturated heterocycles. The van der Waals surface area contributed by atoms with Gasteiger partial charge in [-0.1, -0.05) is 26.0 Å². The van der Waals surface area contributed by atoms with Crippen molar-refractivity contribution in [3.05, 3.63) is 71.7 Å². The first-order valence-corrected chi connectivity index (χ1v) is 10.2. The molecule has 156 valence electrons. The van der Waals surface area contributed by atoms with Crippen LogP contribution in [0.5, 0.6) is 11.6 Å². The van der Waals surface area contributed by atoms with Crippen molar-refractivity contribution < 1.29 is 9.53 Å². The average Bonchev–Trinajstić information content (AvgIpc) is 2.79. The van der Waals surface area contributed by atoms with Crippen molar-refractivity contribution in [3.8, 4) is 11.6 Å². The summed E-state index contributed by atoms with van der Waals surface area (Å²) < 4.78 is 5.88. The second-order valence-corrected chi connectivity index (χ2v) is 6.82. The van der Waals surface area contributed by atoms with Crippen LogP contribution in [0.1, 0.15) is 37.0 Å². The number of benzene rings is 1. The van der Waals surface area contributed by atoms with E-state index in [9.17, 15) is 4.79 Å². The van der Waals surface area contributed by atoms with E-state index in [-0.39, 0.29) is 5.91 Å². The molecular formula is C23H27N5O2. The number of carbonyl (C=O) groups excluding carboxylic acids is 1. The van der Waals surface area contributed by atoms with Crippen LogP contribution in [0, 0.1) is 0 Å². The molecule has 2 aromatic heterocycles. The fourth-order valence-electron chi connectivity index (χ4n) is 2.74. The average molecular weight is 406 g/mol. The number of hydrogen-bond donors (Lipinski definition) is 2. The smallest absolute Gasteiger partial charge is 0.222 e. The van der Waals surface area contributed by atoms with Crippen molar-refractivity contribution in [3.63, 3.8) is 0 Å². The zero-order valence-corrected chi connectivity index (χ0v) is 17.4. The first-order chi connectivity index (χ1) is 14.7. The zero-order chi connectivity index (χ0) is 21.2. The quantitative estimate of drug-likeness (QED) is 0.532. The Balaban J connectivity index is 1.52. The molecule has 3 aromatic rings. The molecule has 0 aliphatic rings. The lowest BCUT2D eigenvalue weighted by Crippen LogP contribution is -2.24. The predicted octanol–water partition coefficient (Wildman–Crippen LogP) is 3.91. The molecule has 0 aliphatic carbocycles.